The molecule has 2 aliphatic rings. The Morgan fingerprint density at radius 2 is 1.04 bits per heavy atom. The van der Waals surface area contributed by atoms with Crippen LogP contribution in [0.1, 0.15) is 47.9 Å². The Morgan fingerprint density at radius 3 is 1.71 bits per heavy atom. The van der Waals surface area contributed by atoms with Crippen molar-refractivity contribution in [3.8, 4) is 33.4 Å². The van der Waals surface area contributed by atoms with Crippen LogP contribution < -0.4 is 4.90 Å². The summed E-state index contributed by atoms with van der Waals surface area (Å²) in [6.45, 7) is 6.58. The number of nitrogens with zero attached hydrogens (tertiary/aromatic N) is 1. The zero-order valence-corrected chi connectivity index (χ0v) is 39.0. The van der Waals surface area contributed by atoms with E-state index in [1.165, 1.54) is 88.1 Å². The molecule has 330 valence electrons. The van der Waals surface area contributed by atoms with E-state index in [0.717, 1.165) is 29.8 Å². The lowest BCUT2D eigenvalue weighted by molar-refractivity contribution is 0.294. The van der Waals surface area contributed by atoms with Crippen LogP contribution in [0.25, 0.3) is 71.4 Å². The molecule has 2 aliphatic carbocycles. The van der Waals surface area contributed by atoms with Crippen molar-refractivity contribution in [3.05, 3.63) is 284 Å². The van der Waals surface area contributed by atoms with Crippen molar-refractivity contribution in [1.82, 2.24) is 0 Å². The molecule has 0 amide bonds. The van der Waals surface area contributed by atoms with E-state index >= 15 is 0 Å². The first-order valence-electron chi connectivity index (χ1n) is 24.4. The van der Waals surface area contributed by atoms with Crippen LogP contribution in [-0.4, -0.2) is 0 Å². The van der Waals surface area contributed by atoms with Gasteiger partial charge in [0, 0.05) is 22.7 Å². The molecule has 0 N–H and O–H groups in total. The molecule has 0 heterocycles. The third kappa shape index (κ3) is 7.25. The summed E-state index contributed by atoms with van der Waals surface area (Å²) in [5, 5.41) is 7.90. The second-order valence-electron chi connectivity index (χ2n) is 18.8. The molecule has 0 spiro atoms. The summed E-state index contributed by atoms with van der Waals surface area (Å²) in [4.78, 5) is 2.49. The fourth-order valence-electron chi connectivity index (χ4n) is 11.9. The third-order valence-electron chi connectivity index (χ3n) is 15.2. The van der Waals surface area contributed by atoms with Gasteiger partial charge in [-0.05, 0) is 143 Å². The number of allylic oxidation sites excluding steroid dienone is 6. The normalized spacial score (nSPS) is 17.6. The van der Waals surface area contributed by atoms with Crippen molar-refractivity contribution in [2.75, 3.05) is 4.90 Å². The highest BCUT2D eigenvalue weighted by atomic mass is 15.2. The quantitative estimate of drug-likeness (QED) is 0.0751. The van der Waals surface area contributed by atoms with Crippen LogP contribution in [0.5, 0.6) is 0 Å². The molecule has 12 rings (SSSR count). The summed E-state index contributed by atoms with van der Waals surface area (Å²) < 4.78 is 0. The van der Waals surface area contributed by atoms with E-state index in [1.54, 1.807) is 0 Å². The Morgan fingerprint density at radius 1 is 0.507 bits per heavy atom. The monoisotopic (exact) mass is 883 g/mol. The fourth-order valence-corrected chi connectivity index (χ4v) is 11.9. The van der Waals surface area contributed by atoms with Crippen LogP contribution in [0.15, 0.2) is 261 Å². The largest absolute Gasteiger partial charge is 0.310 e. The lowest BCUT2D eigenvalue weighted by atomic mass is 9.60. The first-order valence-corrected chi connectivity index (χ1v) is 24.4. The molecule has 3 unspecified atom stereocenters. The summed E-state index contributed by atoms with van der Waals surface area (Å²) >= 11 is 0. The first-order chi connectivity index (χ1) is 34.1. The van der Waals surface area contributed by atoms with Gasteiger partial charge in [0.1, 0.15) is 0 Å². The maximum absolute atomic E-state index is 4.02. The molecule has 1 nitrogen and oxygen atoms in total. The Kier molecular flexibility index (Phi) is 10.8. The van der Waals surface area contributed by atoms with E-state index in [-0.39, 0.29) is 17.3 Å². The second kappa shape index (κ2) is 17.8. The summed E-state index contributed by atoms with van der Waals surface area (Å²) in [7, 11) is 0. The highest BCUT2D eigenvalue weighted by Crippen LogP contribution is 2.60. The molecule has 0 saturated carbocycles. The van der Waals surface area contributed by atoms with Crippen LogP contribution in [0.2, 0.25) is 0 Å². The van der Waals surface area contributed by atoms with E-state index in [1.807, 2.05) is 12.2 Å². The van der Waals surface area contributed by atoms with Crippen LogP contribution >= 0.6 is 0 Å². The minimum atomic E-state index is -0.275. The molecular weight excluding hydrogens is 831 g/mol. The minimum Gasteiger partial charge on any atom is -0.310 e. The Balaban J connectivity index is 1.02. The predicted octanol–water partition coefficient (Wildman–Crippen LogP) is 18.4. The van der Waals surface area contributed by atoms with Crippen molar-refractivity contribution in [1.29, 1.82) is 0 Å². The lowest BCUT2D eigenvalue weighted by Gasteiger charge is -2.43. The standard InChI is InChI=1S/C68H53N/c1-3-4-7-35-66(51-24-10-6-11-25-51)69(52-43-41-50(42-44-52)49-39-37-48(38-40-49)47-22-8-5-9-23-47)67-36-21-18-32-59(67)57-30-16-19-33-63(57)68(2)64-34-20-17-31-58(64)62-45-60-55-28-14-12-26-53(55)54-27-13-15-29-56(54)61(60)46-65(62)68/h3-18,20-32,34-46,57,63H,1,19,33H2,2H3/b7-4-,66-35+. The van der Waals surface area contributed by atoms with Gasteiger partial charge in [0.25, 0.3) is 0 Å². The van der Waals surface area contributed by atoms with Crippen LogP contribution in [0, 0.1) is 5.92 Å². The second-order valence-corrected chi connectivity index (χ2v) is 18.8. The molecule has 0 radical (unpaired) electrons. The molecule has 69 heavy (non-hydrogen) atoms. The highest BCUT2D eigenvalue weighted by Gasteiger charge is 2.48. The first kappa shape index (κ1) is 42.1. The predicted molar refractivity (Wildman–Crippen MR) is 295 cm³/mol. The Hall–Kier alpha value is -8.26. The number of para-hydroxylation sites is 1. The van der Waals surface area contributed by atoms with Gasteiger partial charge >= 0.3 is 0 Å². The highest BCUT2D eigenvalue weighted by molar-refractivity contribution is 6.26. The lowest BCUT2D eigenvalue weighted by Crippen LogP contribution is -2.36. The number of rotatable bonds is 10. The number of anilines is 2. The molecular formula is C68H53N. The van der Waals surface area contributed by atoms with Crippen LogP contribution in [0.4, 0.5) is 11.4 Å². The van der Waals surface area contributed by atoms with Crippen molar-refractivity contribution in [3.63, 3.8) is 0 Å². The Bertz CT molecular complexity index is 3630. The molecule has 10 aromatic carbocycles. The molecule has 10 aromatic rings. The van der Waals surface area contributed by atoms with Crippen molar-refractivity contribution in [2.45, 2.75) is 31.1 Å². The molecule has 1 heteroatoms. The van der Waals surface area contributed by atoms with E-state index in [2.05, 4.69) is 261 Å². The van der Waals surface area contributed by atoms with Gasteiger partial charge in [-0.2, -0.15) is 0 Å². The molecule has 0 aliphatic heterocycles. The zero-order chi connectivity index (χ0) is 46.3. The van der Waals surface area contributed by atoms with Crippen molar-refractivity contribution >= 4 is 49.4 Å². The summed E-state index contributed by atoms with van der Waals surface area (Å²) in [6, 6.07) is 81.0. The number of hydrogen-bond donors (Lipinski definition) is 0. The van der Waals surface area contributed by atoms with Crippen LogP contribution in [0.3, 0.4) is 0 Å². The number of hydrogen-bond acceptors (Lipinski definition) is 1. The van der Waals surface area contributed by atoms with Gasteiger partial charge in [-0.1, -0.05) is 232 Å². The summed E-state index contributed by atoms with van der Waals surface area (Å²) in [5.74, 6) is 0.386. The topological polar surface area (TPSA) is 3.24 Å². The number of benzene rings is 10. The Labute approximate surface area is 406 Å². The molecule has 0 bridgehead atoms. The van der Waals surface area contributed by atoms with Gasteiger partial charge in [0.15, 0.2) is 0 Å². The van der Waals surface area contributed by atoms with Gasteiger partial charge in [-0.15, -0.1) is 0 Å². The summed E-state index contributed by atoms with van der Waals surface area (Å²) in [6.07, 6.45) is 15.3. The third-order valence-corrected chi connectivity index (χ3v) is 15.2. The van der Waals surface area contributed by atoms with Crippen molar-refractivity contribution < 1.29 is 0 Å². The van der Waals surface area contributed by atoms with E-state index < -0.39 is 0 Å². The minimum absolute atomic E-state index is 0.119. The van der Waals surface area contributed by atoms with Crippen LogP contribution in [-0.2, 0) is 5.41 Å². The zero-order valence-electron chi connectivity index (χ0n) is 39.0. The van der Waals surface area contributed by atoms with Gasteiger partial charge < -0.3 is 4.90 Å². The van der Waals surface area contributed by atoms with Crippen molar-refractivity contribution in [2.24, 2.45) is 5.92 Å². The molecule has 0 aromatic heterocycles. The smallest absolute Gasteiger partial charge is 0.0534 e. The summed E-state index contributed by atoms with van der Waals surface area (Å²) in [5.41, 5.74) is 15.9. The molecule has 0 saturated heterocycles. The SMILES string of the molecule is C=C/C=C\C=C(/c1ccccc1)N(c1ccc(-c2ccc(-c3ccccc3)cc2)cc1)c1ccccc1C1C=CCCC1C1(C)c2ccccc2-c2cc3c4ccccc4c4ccccc4c3cc21. The van der Waals surface area contributed by atoms with Gasteiger partial charge in [0.05, 0.1) is 5.70 Å². The maximum atomic E-state index is 4.02. The molecule has 3 atom stereocenters. The van der Waals surface area contributed by atoms with E-state index in [4.69, 9.17) is 0 Å². The average molecular weight is 884 g/mol. The van der Waals surface area contributed by atoms with Gasteiger partial charge in [-0.25, -0.2) is 0 Å². The molecule has 0 fully saturated rings. The number of fused-ring (bicyclic) bond motifs is 9. The van der Waals surface area contributed by atoms with Gasteiger partial charge in [-0.3, -0.25) is 0 Å². The van der Waals surface area contributed by atoms with Gasteiger partial charge in [0.2, 0.25) is 0 Å². The van der Waals surface area contributed by atoms with E-state index in [0.29, 0.717) is 0 Å². The fraction of sp³-hybridized carbons (Fsp3) is 0.0882. The van der Waals surface area contributed by atoms with E-state index in [9.17, 15) is 0 Å². The average Bonchev–Trinajstić information content (AvgIpc) is 3.68. The maximum Gasteiger partial charge on any atom is 0.0534 e.